The quantitative estimate of drug-likeness (QED) is 0.754. The van der Waals surface area contributed by atoms with Gasteiger partial charge in [0, 0.05) is 24.7 Å². The van der Waals surface area contributed by atoms with E-state index < -0.39 is 0 Å². The molecule has 0 saturated heterocycles. The molecule has 4 heteroatoms. The Labute approximate surface area is 121 Å². The van der Waals surface area contributed by atoms with Crippen LogP contribution in [0.2, 0.25) is 0 Å². The van der Waals surface area contributed by atoms with E-state index in [1.165, 1.54) is 12.8 Å². The van der Waals surface area contributed by atoms with Crippen LogP contribution in [0, 0.1) is 0 Å². The van der Waals surface area contributed by atoms with E-state index in [9.17, 15) is 4.79 Å². The van der Waals surface area contributed by atoms with Crippen molar-refractivity contribution < 1.29 is 4.79 Å². The molecule has 1 aliphatic carbocycles. The first-order valence-electron chi connectivity index (χ1n) is 7.56. The maximum atomic E-state index is 12.1. The van der Waals surface area contributed by atoms with Crippen molar-refractivity contribution in [3.63, 3.8) is 0 Å². The van der Waals surface area contributed by atoms with E-state index >= 15 is 0 Å². The predicted molar refractivity (Wildman–Crippen MR) is 81.8 cm³/mol. The average molecular weight is 275 g/mol. The molecule has 1 aromatic carbocycles. The lowest BCUT2D eigenvalue weighted by molar-refractivity contribution is 0.0948. The van der Waals surface area contributed by atoms with E-state index in [0.29, 0.717) is 13.1 Å². The largest absolute Gasteiger partial charge is 0.351 e. The minimum absolute atomic E-state index is 0.00993. The number of nitrogens with two attached hydrogens (primary N) is 1. The molecular weight excluding hydrogens is 250 g/mol. The monoisotopic (exact) mass is 275 g/mol. The van der Waals surface area contributed by atoms with Gasteiger partial charge < -0.3 is 11.1 Å². The third kappa shape index (κ3) is 4.32. The van der Waals surface area contributed by atoms with Crippen LogP contribution < -0.4 is 11.1 Å². The molecule has 1 saturated carbocycles. The molecule has 0 spiro atoms. The fourth-order valence-electron chi connectivity index (χ4n) is 2.49. The summed E-state index contributed by atoms with van der Waals surface area (Å²) in [4.78, 5) is 14.5. The Hall–Kier alpha value is -1.39. The highest BCUT2D eigenvalue weighted by atomic mass is 16.1. The Morgan fingerprint density at radius 2 is 2.25 bits per heavy atom. The Kier molecular flexibility index (Phi) is 5.56. The molecule has 4 nitrogen and oxygen atoms in total. The summed E-state index contributed by atoms with van der Waals surface area (Å²) in [7, 11) is 0. The number of likely N-dealkylation sites (N-methyl/N-ethyl adjacent to an activating group) is 1. The summed E-state index contributed by atoms with van der Waals surface area (Å²) >= 11 is 0. The molecule has 1 aliphatic rings. The number of amides is 1. The summed E-state index contributed by atoms with van der Waals surface area (Å²) in [5.41, 5.74) is 7.39. The zero-order valence-electron chi connectivity index (χ0n) is 12.3. The second-order valence-corrected chi connectivity index (χ2v) is 5.35. The zero-order valence-corrected chi connectivity index (χ0v) is 12.3. The number of carbonyl (C=O) groups excluding carboxylic acids is 1. The molecule has 0 aromatic heterocycles. The molecule has 3 N–H and O–H groups in total. The van der Waals surface area contributed by atoms with Crippen LogP contribution in [0.25, 0.3) is 0 Å². The van der Waals surface area contributed by atoms with E-state index in [1.807, 2.05) is 24.3 Å². The van der Waals surface area contributed by atoms with Gasteiger partial charge in [0.1, 0.15) is 0 Å². The van der Waals surface area contributed by atoms with Crippen LogP contribution in [-0.2, 0) is 6.42 Å². The summed E-state index contributed by atoms with van der Waals surface area (Å²) in [5.74, 6) is 0.00993. The number of nitrogens with one attached hydrogen (secondary N) is 1. The molecule has 0 heterocycles. The summed E-state index contributed by atoms with van der Waals surface area (Å²) in [6.07, 6.45) is 3.43. The number of nitrogens with zero attached hydrogens (tertiary/aromatic N) is 1. The van der Waals surface area contributed by atoms with Crippen molar-refractivity contribution in [1.82, 2.24) is 10.2 Å². The molecule has 0 aliphatic heterocycles. The Morgan fingerprint density at radius 1 is 1.45 bits per heavy atom. The van der Waals surface area contributed by atoms with Gasteiger partial charge in [-0.25, -0.2) is 0 Å². The molecule has 2 rings (SSSR count). The lowest BCUT2D eigenvalue weighted by Gasteiger charge is -2.19. The van der Waals surface area contributed by atoms with Crippen LogP contribution in [-0.4, -0.2) is 43.0 Å². The molecule has 1 fully saturated rings. The topological polar surface area (TPSA) is 58.4 Å². The van der Waals surface area contributed by atoms with Crippen molar-refractivity contribution in [3.05, 3.63) is 35.4 Å². The van der Waals surface area contributed by atoms with Crippen molar-refractivity contribution in [3.8, 4) is 0 Å². The lowest BCUT2D eigenvalue weighted by Crippen LogP contribution is -2.36. The van der Waals surface area contributed by atoms with Gasteiger partial charge in [-0.3, -0.25) is 9.69 Å². The first-order chi connectivity index (χ1) is 9.74. The van der Waals surface area contributed by atoms with Crippen molar-refractivity contribution in [2.24, 2.45) is 5.73 Å². The van der Waals surface area contributed by atoms with Gasteiger partial charge in [-0.05, 0) is 50.0 Å². The Bertz CT molecular complexity index is 443. The van der Waals surface area contributed by atoms with Crippen LogP contribution in [0.1, 0.15) is 35.7 Å². The number of hydrogen-bond donors (Lipinski definition) is 2. The number of hydrogen-bond acceptors (Lipinski definition) is 3. The van der Waals surface area contributed by atoms with E-state index in [2.05, 4.69) is 17.1 Å². The van der Waals surface area contributed by atoms with Crippen molar-refractivity contribution in [2.75, 3.05) is 26.2 Å². The molecule has 0 atom stereocenters. The standard InChI is InChI=1S/C16H25N3O/c1-2-19(15-6-7-15)11-10-18-16(20)14-5-3-4-13(12-14)8-9-17/h3-5,12,15H,2,6-11,17H2,1H3,(H,18,20). The molecule has 110 valence electrons. The third-order valence-corrected chi connectivity index (χ3v) is 3.78. The van der Waals surface area contributed by atoms with Crippen LogP contribution in [0.4, 0.5) is 0 Å². The van der Waals surface area contributed by atoms with Gasteiger partial charge in [0.05, 0.1) is 0 Å². The van der Waals surface area contributed by atoms with E-state index in [4.69, 9.17) is 5.73 Å². The smallest absolute Gasteiger partial charge is 0.251 e. The number of benzene rings is 1. The average Bonchev–Trinajstić information content (AvgIpc) is 3.29. The highest BCUT2D eigenvalue weighted by Gasteiger charge is 2.27. The van der Waals surface area contributed by atoms with Crippen molar-refractivity contribution >= 4 is 5.91 Å². The van der Waals surface area contributed by atoms with Crippen LogP contribution >= 0.6 is 0 Å². The summed E-state index contributed by atoms with van der Waals surface area (Å²) in [6, 6.07) is 8.47. The highest BCUT2D eigenvalue weighted by Crippen LogP contribution is 2.25. The van der Waals surface area contributed by atoms with Gasteiger partial charge in [0.15, 0.2) is 0 Å². The molecule has 1 amide bonds. The van der Waals surface area contributed by atoms with Crippen molar-refractivity contribution in [2.45, 2.75) is 32.2 Å². The van der Waals surface area contributed by atoms with Gasteiger partial charge in [0.2, 0.25) is 0 Å². The first-order valence-corrected chi connectivity index (χ1v) is 7.56. The minimum atomic E-state index is 0.00993. The molecule has 20 heavy (non-hydrogen) atoms. The minimum Gasteiger partial charge on any atom is -0.351 e. The van der Waals surface area contributed by atoms with Gasteiger partial charge >= 0.3 is 0 Å². The van der Waals surface area contributed by atoms with E-state index in [0.717, 1.165) is 36.7 Å². The molecule has 1 aromatic rings. The molecule has 0 bridgehead atoms. The zero-order chi connectivity index (χ0) is 14.4. The lowest BCUT2D eigenvalue weighted by atomic mass is 10.1. The highest BCUT2D eigenvalue weighted by molar-refractivity contribution is 5.94. The van der Waals surface area contributed by atoms with Crippen LogP contribution in [0.15, 0.2) is 24.3 Å². The van der Waals surface area contributed by atoms with Gasteiger partial charge in [-0.15, -0.1) is 0 Å². The van der Waals surface area contributed by atoms with E-state index in [1.54, 1.807) is 0 Å². The predicted octanol–water partition coefficient (Wildman–Crippen LogP) is 1.40. The summed E-state index contributed by atoms with van der Waals surface area (Å²) in [6.45, 7) is 5.50. The summed E-state index contributed by atoms with van der Waals surface area (Å²) in [5, 5.41) is 3.00. The van der Waals surface area contributed by atoms with Gasteiger partial charge in [-0.1, -0.05) is 19.1 Å². The normalized spacial score (nSPS) is 14.6. The van der Waals surface area contributed by atoms with E-state index in [-0.39, 0.29) is 5.91 Å². The summed E-state index contributed by atoms with van der Waals surface area (Å²) < 4.78 is 0. The SMILES string of the molecule is CCN(CCNC(=O)c1cccc(CCN)c1)C1CC1. The number of carbonyl (C=O) groups is 1. The molecule has 0 unspecified atom stereocenters. The molecular formula is C16H25N3O. The second kappa shape index (κ2) is 7.41. The second-order valence-electron chi connectivity index (χ2n) is 5.35. The Morgan fingerprint density at radius 3 is 2.90 bits per heavy atom. The van der Waals surface area contributed by atoms with Crippen LogP contribution in [0.5, 0.6) is 0 Å². The fourth-order valence-corrected chi connectivity index (χ4v) is 2.49. The van der Waals surface area contributed by atoms with Crippen LogP contribution in [0.3, 0.4) is 0 Å². The maximum Gasteiger partial charge on any atom is 0.251 e. The maximum absolute atomic E-state index is 12.1. The fraction of sp³-hybridized carbons (Fsp3) is 0.562. The molecule has 0 radical (unpaired) electrons. The Balaban J connectivity index is 1.80. The van der Waals surface area contributed by atoms with Gasteiger partial charge in [-0.2, -0.15) is 0 Å². The number of rotatable bonds is 8. The van der Waals surface area contributed by atoms with Gasteiger partial charge in [0.25, 0.3) is 5.91 Å². The third-order valence-electron chi connectivity index (χ3n) is 3.78. The van der Waals surface area contributed by atoms with Crippen molar-refractivity contribution in [1.29, 1.82) is 0 Å². The first kappa shape index (κ1) is 15.0.